The molecule has 0 saturated heterocycles. The van der Waals surface area contributed by atoms with E-state index >= 15 is 0 Å². The van der Waals surface area contributed by atoms with Gasteiger partial charge in [-0.25, -0.2) is 14.5 Å². The molecule has 6 rings (SSSR count). The number of hydrogen-bond acceptors (Lipinski definition) is 6. The van der Waals surface area contributed by atoms with Crippen molar-refractivity contribution in [2.45, 2.75) is 19.3 Å². The molecule has 1 atom stereocenters. The normalized spacial score (nSPS) is 13.4. The van der Waals surface area contributed by atoms with Crippen molar-refractivity contribution >= 4 is 10.9 Å². The number of phenolic OH excluding ortho intramolecular Hbond substituents is 2. The highest BCUT2D eigenvalue weighted by Crippen LogP contribution is 2.39. The van der Waals surface area contributed by atoms with E-state index in [0.29, 0.717) is 34.7 Å². The minimum atomic E-state index is -0.428. The van der Waals surface area contributed by atoms with Gasteiger partial charge in [0.1, 0.15) is 11.5 Å². The topological polar surface area (TPSA) is 115 Å². The number of ether oxygens (including phenoxy) is 2. The predicted octanol–water partition coefficient (Wildman–Crippen LogP) is 4.21. The van der Waals surface area contributed by atoms with Gasteiger partial charge < -0.3 is 24.3 Å². The largest absolute Gasteiger partial charge is 0.508 e. The van der Waals surface area contributed by atoms with Crippen LogP contribution in [0.3, 0.4) is 0 Å². The van der Waals surface area contributed by atoms with Crippen molar-refractivity contribution in [3.63, 3.8) is 0 Å². The van der Waals surface area contributed by atoms with E-state index < -0.39 is 5.69 Å². The van der Waals surface area contributed by atoms with Crippen molar-refractivity contribution in [2.75, 3.05) is 6.79 Å². The number of aromatic nitrogens is 4. The van der Waals surface area contributed by atoms with Crippen LogP contribution >= 0.6 is 0 Å². The molecule has 0 bridgehead atoms. The molecule has 3 N–H and O–H groups in total. The smallest absolute Gasteiger partial charge is 0.348 e. The quantitative estimate of drug-likeness (QED) is 0.344. The molecule has 9 heteroatoms. The molecule has 5 aromatic rings. The molecular weight excluding hydrogens is 460 g/mol. The van der Waals surface area contributed by atoms with Gasteiger partial charge in [0.15, 0.2) is 17.3 Å². The average molecular weight is 485 g/mol. The lowest BCUT2D eigenvalue weighted by molar-refractivity contribution is 0.174. The van der Waals surface area contributed by atoms with Gasteiger partial charge in [-0.05, 0) is 65.9 Å². The summed E-state index contributed by atoms with van der Waals surface area (Å²) >= 11 is 0. The Labute approximate surface area is 205 Å². The predicted molar refractivity (Wildman–Crippen MR) is 134 cm³/mol. The average Bonchev–Trinajstić information content (AvgIpc) is 3.57. The van der Waals surface area contributed by atoms with Gasteiger partial charge in [0.05, 0.1) is 11.3 Å². The zero-order valence-electron chi connectivity index (χ0n) is 19.7. The first-order valence-corrected chi connectivity index (χ1v) is 11.6. The maximum atomic E-state index is 12.8. The molecule has 1 aliphatic rings. The van der Waals surface area contributed by atoms with Gasteiger partial charge in [0, 0.05) is 30.2 Å². The summed E-state index contributed by atoms with van der Waals surface area (Å²) in [5.74, 6) is 1.36. The molecule has 9 nitrogen and oxygen atoms in total. The number of hydrogen-bond donors (Lipinski definition) is 3. The van der Waals surface area contributed by atoms with Gasteiger partial charge >= 0.3 is 5.69 Å². The number of benzene rings is 3. The van der Waals surface area contributed by atoms with Crippen LogP contribution in [-0.2, 0) is 13.5 Å². The van der Waals surface area contributed by atoms with E-state index in [0.717, 1.165) is 16.5 Å². The zero-order chi connectivity index (χ0) is 25.0. The molecule has 0 amide bonds. The first-order chi connectivity index (χ1) is 17.4. The second kappa shape index (κ2) is 8.23. The zero-order valence-corrected chi connectivity index (χ0v) is 19.7. The lowest BCUT2D eigenvalue weighted by Gasteiger charge is -2.17. The standard InChI is InChI=1S/C27H24N4O5/c1-15(9-16-3-6-24-25(10-16)36-14-35-24)19-12-20(23(33)13-22(19)32)26-28-29-27(34)31(26)18-4-5-21-17(11-18)7-8-30(21)2/h3-8,10-13,15,32-33H,9,14H2,1-2H3,(H,29,34). The number of phenols is 2. The molecule has 1 unspecified atom stereocenters. The minimum absolute atomic E-state index is 0.0281. The van der Waals surface area contributed by atoms with Gasteiger partial charge in [0.2, 0.25) is 6.79 Å². The molecule has 36 heavy (non-hydrogen) atoms. The third kappa shape index (κ3) is 3.56. The number of H-pyrrole nitrogens is 1. The first kappa shape index (κ1) is 21.8. The number of aromatic hydroxyl groups is 2. The molecule has 1 aliphatic heterocycles. The third-order valence-corrected chi connectivity index (χ3v) is 6.70. The van der Waals surface area contributed by atoms with Crippen LogP contribution in [0, 0.1) is 0 Å². The number of rotatable bonds is 5. The van der Waals surface area contributed by atoms with Crippen molar-refractivity contribution in [1.29, 1.82) is 0 Å². The number of aryl methyl sites for hydroxylation is 1. The van der Waals surface area contributed by atoms with Crippen LogP contribution in [0.2, 0.25) is 0 Å². The molecule has 0 aliphatic carbocycles. The van der Waals surface area contributed by atoms with E-state index in [4.69, 9.17) is 9.47 Å². The summed E-state index contributed by atoms with van der Waals surface area (Å²) in [6.07, 6.45) is 2.57. The van der Waals surface area contributed by atoms with Crippen LogP contribution in [-0.4, -0.2) is 36.3 Å². The molecule has 2 aromatic heterocycles. The summed E-state index contributed by atoms with van der Waals surface area (Å²) < 4.78 is 14.3. The van der Waals surface area contributed by atoms with Gasteiger partial charge in [-0.2, -0.15) is 5.10 Å². The molecule has 0 radical (unpaired) electrons. The van der Waals surface area contributed by atoms with Crippen molar-refractivity contribution in [3.8, 4) is 40.1 Å². The van der Waals surface area contributed by atoms with Crippen molar-refractivity contribution in [2.24, 2.45) is 7.05 Å². The molecule has 3 heterocycles. The molecule has 3 aromatic carbocycles. The number of aromatic amines is 1. The van der Waals surface area contributed by atoms with Gasteiger partial charge in [-0.3, -0.25) is 0 Å². The Kier molecular flexibility index (Phi) is 4.99. The highest BCUT2D eigenvalue weighted by Gasteiger charge is 2.22. The summed E-state index contributed by atoms with van der Waals surface area (Å²) in [4.78, 5) is 12.8. The van der Waals surface area contributed by atoms with Crippen LogP contribution in [0.25, 0.3) is 28.0 Å². The summed E-state index contributed by atoms with van der Waals surface area (Å²) in [7, 11) is 1.96. The highest BCUT2D eigenvalue weighted by atomic mass is 16.7. The molecular formula is C27H24N4O5. The monoisotopic (exact) mass is 484 g/mol. The van der Waals surface area contributed by atoms with E-state index in [2.05, 4.69) is 10.2 Å². The Morgan fingerprint density at radius 1 is 1.03 bits per heavy atom. The van der Waals surface area contributed by atoms with Crippen molar-refractivity contribution < 1.29 is 19.7 Å². The third-order valence-electron chi connectivity index (χ3n) is 6.70. The second-order valence-electron chi connectivity index (χ2n) is 9.08. The van der Waals surface area contributed by atoms with Crippen LogP contribution in [0.1, 0.15) is 24.0 Å². The maximum absolute atomic E-state index is 12.8. The SMILES string of the molecule is CC(Cc1ccc2c(c1)OCO2)c1cc(-c2n[nH]c(=O)n2-c2ccc3c(ccn3C)c2)c(O)cc1O. The van der Waals surface area contributed by atoms with Gasteiger partial charge in [-0.1, -0.05) is 13.0 Å². The molecule has 0 saturated carbocycles. The van der Waals surface area contributed by atoms with Crippen LogP contribution in [0.4, 0.5) is 0 Å². The lowest BCUT2D eigenvalue weighted by Crippen LogP contribution is -2.15. The van der Waals surface area contributed by atoms with Gasteiger partial charge in [0.25, 0.3) is 0 Å². The van der Waals surface area contributed by atoms with E-state index in [1.807, 2.05) is 67.2 Å². The number of nitrogens with zero attached hydrogens (tertiary/aromatic N) is 3. The van der Waals surface area contributed by atoms with Crippen LogP contribution < -0.4 is 15.2 Å². The highest BCUT2D eigenvalue weighted by molar-refractivity contribution is 5.82. The Morgan fingerprint density at radius 3 is 2.72 bits per heavy atom. The Morgan fingerprint density at radius 2 is 1.86 bits per heavy atom. The van der Waals surface area contributed by atoms with Crippen molar-refractivity contribution in [1.82, 2.24) is 19.3 Å². The number of nitrogens with one attached hydrogen (secondary N) is 1. The van der Waals surface area contributed by atoms with Gasteiger partial charge in [-0.15, -0.1) is 0 Å². The summed E-state index contributed by atoms with van der Waals surface area (Å²) in [6, 6.07) is 16.4. The first-order valence-electron chi connectivity index (χ1n) is 11.6. The fraction of sp³-hybridized carbons (Fsp3) is 0.185. The molecule has 0 spiro atoms. The van der Waals surface area contributed by atoms with E-state index in [-0.39, 0.29) is 30.0 Å². The lowest BCUT2D eigenvalue weighted by atomic mass is 9.91. The fourth-order valence-corrected chi connectivity index (χ4v) is 4.82. The summed E-state index contributed by atoms with van der Waals surface area (Å²) in [6.45, 7) is 2.19. The Balaban J connectivity index is 1.39. The summed E-state index contributed by atoms with van der Waals surface area (Å²) in [5.41, 5.74) is 3.21. The van der Waals surface area contributed by atoms with E-state index in [1.165, 1.54) is 10.6 Å². The Bertz CT molecular complexity index is 1680. The molecule has 182 valence electrons. The number of fused-ring (bicyclic) bond motifs is 2. The van der Waals surface area contributed by atoms with Crippen molar-refractivity contribution in [3.05, 3.63) is 82.4 Å². The Hall–Kier alpha value is -4.66. The fourth-order valence-electron chi connectivity index (χ4n) is 4.82. The molecule has 0 fully saturated rings. The summed E-state index contributed by atoms with van der Waals surface area (Å²) in [5, 5.41) is 29.1. The van der Waals surface area contributed by atoms with E-state index in [1.54, 1.807) is 6.07 Å². The van der Waals surface area contributed by atoms with E-state index in [9.17, 15) is 15.0 Å². The van der Waals surface area contributed by atoms with Crippen LogP contribution in [0.5, 0.6) is 23.0 Å². The minimum Gasteiger partial charge on any atom is -0.508 e. The van der Waals surface area contributed by atoms with Crippen LogP contribution in [0.15, 0.2) is 65.6 Å². The maximum Gasteiger partial charge on any atom is 0.348 e. The second-order valence-corrected chi connectivity index (χ2v) is 9.08.